The van der Waals surface area contributed by atoms with Gasteiger partial charge < -0.3 is 14.6 Å². The Labute approximate surface area is 193 Å². The quantitative estimate of drug-likeness (QED) is 0.514. The normalized spacial score (nSPS) is 16.1. The zero-order valence-corrected chi connectivity index (χ0v) is 19.9. The molecule has 7 nitrogen and oxygen atoms in total. The zero-order chi connectivity index (χ0) is 23.2. The summed E-state index contributed by atoms with van der Waals surface area (Å²) in [4.78, 5) is 33.9. The number of rotatable bonds is 6. The number of aromatic nitrogens is 1. The Bertz CT molecular complexity index is 1260. The first-order valence-corrected chi connectivity index (χ1v) is 11.5. The first kappa shape index (κ1) is 22.0. The molecule has 1 atom stereocenters. The van der Waals surface area contributed by atoms with E-state index < -0.39 is 17.7 Å². The van der Waals surface area contributed by atoms with Crippen LogP contribution in [0.2, 0.25) is 0 Å². The van der Waals surface area contributed by atoms with Gasteiger partial charge in [-0.3, -0.25) is 14.5 Å². The number of hydrogen-bond acceptors (Lipinski definition) is 8. The van der Waals surface area contributed by atoms with Crippen molar-refractivity contribution in [3.63, 3.8) is 0 Å². The number of benzene rings is 1. The van der Waals surface area contributed by atoms with Crippen molar-refractivity contribution in [3.8, 4) is 11.5 Å². The first-order chi connectivity index (χ1) is 15.3. The number of thiazole rings is 1. The van der Waals surface area contributed by atoms with E-state index in [2.05, 4.69) is 4.98 Å². The molecular formula is C23H22N2O5S2. The van der Waals surface area contributed by atoms with E-state index in [1.165, 1.54) is 41.8 Å². The Morgan fingerprint density at radius 2 is 1.84 bits per heavy atom. The van der Waals surface area contributed by atoms with Crippen LogP contribution in [0.3, 0.4) is 0 Å². The molecule has 1 aromatic carbocycles. The number of carbonyl (C=O) groups is 2. The van der Waals surface area contributed by atoms with E-state index in [0.29, 0.717) is 27.8 Å². The summed E-state index contributed by atoms with van der Waals surface area (Å²) in [6, 6.07) is 6.22. The lowest BCUT2D eigenvalue weighted by Crippen LogP contribution is -2.31. The third-order valence-electron chi connectivity index (χ3n) is 5.36. The van der Waals surface area contributed by atoms with E-state index in [0.717, 1.165) is 15.4 Å². The summed E-state index contributed by atoms with van der Waals surface area (Å²) in [5.41, 5.74) is 2.05. The van der Waals surface area contributed by atoms with Gasteiger partial charge in [0.05, 0.1) is 35.4 Å². The standard InChI is InChI=1S/C23H22N2O5S2/c1-11-8-9-31-21(11)18-17(19(26)22-12(2)24-13(3)32-22)20(27)23(28)25(18)14-6-7-15(29-4)16(10-14)30-5/h6-10,18,27H,1-5H3. The van der Waals surface area contributed by atoms with Gasteiger partial charge in [0.25, 0.3) is 5.91 Å². The van der Waals surface area contributed by atoms with E-state index >= 15 is 0 Å². The maximum atomic E-state index is 13.6. The molecule has 9 heteroatoms. The van der Waals surface area contributed by atoms with Crippen molar-refractivity contribution in [1.82, 2.24) is 4.98 Å². The topological polar surface area (TPSA) is 89.0 Å². The zero-order valence-electron chi connectivity index (χ0n) is 18.3. The van der Waals surface area contributed by atoms with Crippen LogP contribution in [0.5, 0.6) is 11.5 Å². The average Bonchev–Trinajstić information content (AvgIpc) is 3.42. The van der Waals surface area contributed by atoms with Crippen LogP contribution in [-0.4, -0.2) is 36.0 Å². The number of Topliss-reactive ketones (excluding diaryl/α,β-unsaturated/α-hetero) is 1. The molecule has 1 unspecified atom stereocenters. The molecule has 1 amide bonds. The summed E-state index contributed by atoms with van der Waals surface area (Å²) >= 11 is 2.69. The Balaban J connectivity index is 1.89. The van der Waals surface area contributed by atoms with E-state index in [4.69, 9.17) is 9.47 Å². The largest absolute Gasteiger partial charge is 0.503 e. The van der Waals surface area contributed by atoms with Crippen molar-refractivity contribution in [3.05, 3.63) is 67.0 Å². The maximum absolute atomic E-state index is 13.6. The molecule has 0 fully saturated rings. The number of methoxy groups -OCH3 is 2. The molecule has 2 aromatic heterocycles. The first-order valence-electron chi connectivity index (χ1n) is 9.79. The van der Waals surface area contributed by atoms with Crippen molar-refractivity contribution < 1.29 is 24.2 Å². The minimum Gasteiger partial charge on any atom is -0.503 e. The fraction of sp³-hybridized carbons (Fsp3) is 0.261. The van der Waals surface area contributed by atoms with Crippen molar-refractivity contribution in [2.75, 3.05) is 19.1 Å². The number of nitrogens with zero attached hydrogens (tertiary/aromatic N) is 2. The molecule has 0 saturated carbocycles. The number of aryl methyl sites for hydroxylation is 3. The minimum absolute atomic E-state index is 0.0575. The van der Waals surface area contributed by atoms with Gasteiger partial charge in [0.15, 0.2) is 17.3 Å². The van der Waals surface area contributed by atoms with E-state index in [1.807, 2.05) is 25.3 Å². The van der Waals surface area contributed by atoms with Gasteiger partial charge >= 0.3 is 0 Å². The number of hydrogen-bond donors (Lipinski definition) is 1. The lowest BCUT2D eigenvalue weighted by molar-refractivity contribution is -0.117. The number of aliphatic hydroxyl groups excluding tert-OH is 1. The molecule has 0 radical (unpaired) electrons. The summed E-state index contributed by atoms with van der Waals surface area (Å²) < 4.78 is 10.7. The summed E-state index contributed by atoms with van der Waals surface area (Å²) in [5, 5.41) is 13.6. The summed E-state index contributed by atoms with van der Waals surface area (Å²) in [6.07, 6.45) is 0. The van der Waals surface area contributed by atoms with Gasteiger partial charge in [-0.1, -0.05) is 0 Å². The molecule has 1 N–H and O–H groups in total. The molecule has 4 rings (SSSR count). The SMILES string of the molecule is COc1ccc(N2C(=O)C(O)=C(C(=O)c3sc(C)nc3C)C2c2sccc2C)cc1OC. The Hall–Kier alpha value is -3.17. The summed E-state index contributed by atoms with van der Waals surface area (Å²) in [5.74, 6) is -0.631. The predicted molar refractivity (Wildman–Crippen MR) is 124 cm³/mol. The van der Waals surface area contributed by atoms with E-state index in [9.17, 15) is 14.7 Å². The van der Waals surface area contributed by atoms with Gasteiger partial charge in [-0.25, -0.2) is 4.98 Å². The average molecular weight is 471 g/mol. The van der Waals surface area contributed by atoms with Crippen molar-refractivity contribution in [1.29, 1.82) is 0 Å². The van der Waals surface area contributed by atoms with Crippen LogP contribution in [-0.2, 0) is 4.79 Å². The fourth-order valence-corrected chi connectivity index (χ4v) is 5.75. The Morgan fingerprint density at radius 3 is 2.41 bits per heavy atom. The molecular weight excluding hydrogens is 448 g/mol. The number of anilines is 1. The second-order valence-corrected chi connectivity index (χ2v) is 9.47. The monoisotopic (exact) mass is 470 g/mol. The third-order valence-corrected chi connectivity index (χ3v) is 7.50. The highest BCUT2D eigenvalue weighted by atomic mass is 32.1. The van der Waals surface area contributed by atoms with Crippen LogP contribution in [0.1, 0.15) is 36.9 Å². The van der Waals surface area contributed by atoms with Gasteiger partial charge in [-0.05, 0) is 49.9 Å². The highest BCUT2D eigenvalue weighted by Gasteiger charge is 2.46. The van der Waals surface area contributed by atoms with Crippen LogP contribution < -0.4 is 14.4 Å². The second kappa shape index (κ2) is 8.40. The smallest absolute Gasteiger partial charge is 0.294 e. The molecule has 0 saturated heterocycles. The molecule has 0 aliphatic carbocycles. The molecule has 3 heterocycles. The molecule has 1 aliphatic heterocycles. The van der Waals surface area contributed by atoms with E-state index in [1.54, 1.807) is 25.1 Å². The van der Waals surface area contributed by atoms with Crippen molar-refractivity contribution in [2.24, 2.45) is 0 Å². The van der Waals surface area contributed by atoms with Gasteiger partial charge in [0.1, 0.15) is 6.04 Å². The number of ether oxygens (including phenoxy) is 2. The number of amides is 1. The molecule has 0 spiro atoms. The number of ketones is 1. The van der Waals surface area contributed by atoms with Gasteiger partial charge in [-0.15, -0.1) is 22.7 Å². The fourth-order valence-electron chi connectivity index (χ4n) is 3.86. The van der Waals surface area contributed by atoms with E-state index in [-0.39, 0.29) is 11.4 Å². The molecule has 0 bridgehead atoms. The third kappa shape index (κ3) is 3.47. The summed E-state index contributed by atoms with van der Waals surface area (Å²) in [6.45, 7) is 5.49. The Morgan fingerprint density at radius 1 is 1.12 bits per heavy atom. The molecule has 166 valence electrons. The highest BCUT2D eigenvalue weighted by molar-refractivity contribution is 7.14. The number of carbonyl (C=O) groups excluding carboxylic acids is 2. The predicted octanol–water partition coefficient (Wildman–Crippen LogP) is 4.93. The highest BCUT2D eigenvalue weighted by Crippen LogP contribution is 2.46. The van der Waals surface area contributed by atoms with Gasteiger partial charge in [0.2, 0.25) is 5.78 Å². The lowest BCUT2D eigenvalue weighted by Gasteiger charge is -2.27. The molecule has 1 aliphatic rings. The molecule has 3 aromatic rings. The van der Waals surface area contributed by atoms with Gasteiger partial charge in [-0.2, -0.15) is 0 Å². The van der Waals surface area contributed by atoms with Crippen LogP contribution >= 0.6 is 22.7 Å². The second-order valence-electron chi connectivity index (χ2n) is 7.32. The number of thiophene rings is 1. The van der Waals surface area contributed by atoms with Crippen LogP contribution in [0, 0.1) is 20.8 Å². The number of aliphatic hydroxyl groups is 1. The Kier molecular flexibility index (Phi) is 5.79. The summed E-state index contributed by atoms with van der Waals surface area (Å²) in [7, 11) is 3.04. The lowest BCUT2D eigenvalue weighted by atomic mass is 9.98. The van der Waals surface area contributed by atoms with Crippen LogP contribution in [0.15, 0.2) is 41.0 Å². The maximum Gasteiger partial charge on any atom is 0.294 e. The minimum atomic E-state index is -0.769. The van der Waals surface area contributed by atoms with Gasteiger partial charge in [0, 0.05) is 16.6 Å². The van der Waals surface area contributed by atoms with Crippen LogP contribution in [0.4, 0.5) is 5.69 Å². The molecule has 32 heavy (non-hydrogen) atoms. The van der Waals surface area contributed by atoms with Crippen LogP contribution in [0.25, 0.3) is 0 Å². The van der Waals surface area contributed by atoms with Crippen molar-refractivity contribution >= 4 is 40.1 Å². The van der Waals surface area contributed by atoms with Crippen molar-refractivity contribution in [2.45, 2.75) is 26.8 Å².